The summed E-state index contributed by atoms with van der Waals surface area (Å²) < 4.78 is 11.6. The molecular weight excluding hydrogens is 641 g/mol. The van der Waals surface area contributed by atoms with Crippen LogP contribution in [-0.2, 0) is 17.9 Å². The number of hydrogen-bond donors (Lipinski definition) is 2. The number of carbonyl (C=O) groups excluding carboxylic acids is 1. The van der Waals surface area contributed by atoms with E-state index in [2.05, 4.69) is 47.9 Å². The number of hydrogen-bond acceptors (Lipinski definition) is 4. The van der Waals surface area contributed by atoms with Crippen LogP contribution in [0.25, 0.3) is 0 Å². The summed E-state index contributed by atoms with van der Waals surface area (Å²) in [6, 6.07) is 15.1. The fourth-order valence-corrected chi connectivity index (χ4v) is 7.74. The molecule has 0 atom stereocenters. The van der Waals surface area contributed by atoms with Gasteiger partial charge in [0.2, 0.25) is 5.91 Å². The maximum Gasteiger partial charge on any atom is 0.220 e. The molecule has 2 aromatic carbocycles. The maximum atomic E-state index is 12.5. The van der Waals surface area contributed by atoms with Crippen LogP contribution in [0.3, 0.4) is 0 Å². The minimum absolute atomic E-state index is 0.0726. The molecule has 1 aliphatic carbocycles. The summed E-state index contributed by atoms with van der Waals surface area (Å²) >= 11 is 0. The van der Waals surface area contributed by atoms with Crippen molar-refractivity contribution in [2.24, 2.45) is 0 Å². The minimum Gasteiger partial charge on any atom is -0.496 e. The van der Waals surface area contributed by atoms with E-state index in [0.717, 1.165) is 30.2 Å². The molecule has 2 N–H and O–H groups in total. The Kier molecular flexibility index (Phi) is 25.2. The van der Waals surface area contributed by atoms with E-state index in [1.165, 1.54) is 172 Å². The summed E-state index contributed by atoms with van der Waals surface area (Å²) in [5, 5.41) is 6.69. The van der Waals surface area contributed by atoms with Crippen molar-refractivity contribution in [2.45, 2.75) is 199 Å². The number of benzene rings is 2. The third-order valence-corrected chi connectivity index (χ3v) is 11.1. The Morgan fingerprint density at radius 2 is 1.21 bits per heavy atom. The van der Waals surface area contributed by atoms with Crippen molar-refractivity contribution >= 4 is 5.91 Å². The largest absolute Gasteiger partial charge is 0.496 e. The lowest BCUT2D eigenvalue weighted by molar-refractivity contribution is -0.121. The van der Waals surface area contributed by atoms with E-state index in [4.69, 9.17) is 9.47 Å². The number of unbranched alkanes of at least 4 members (excludes halogenated alkanes) is 15. The van der Waals surface area contributed by atoms with Crippen molar-refractivity contribution in [3.8, 4) is 11.5 Å². The van der Waals surface area contributed by atoms with Gasteiger partial charge < -0.3 is 20.1 Å². The highest BCUT2D eigenvalue weighted by molar-refractivity contribution is 5.75. The van der Waals surface area contributed by atoms with Crippen molar-refractivity contribution in [1.82, 2.24) is 10.6 Å². The van der Waals surface area contributed by atoms with Crippen LogP contribution in [0.2, 0.25) is 0 Å². The number of rotatable bonds is 28. The third-order valence-electron chi connectivity index (χ3n) is 11.1. The molecule has 5 nitrogen and oxygen atoms in total. The van der Waals surface area contributed by atoms with E-state index in [9.17, 15) is 4.79 Å². The SMILES string of the molecule is CCCCCCCCCCCCCCCCCCNCc1ccc(OCCCC(=O)NCc2ccc(C3CCCCCCCCC3)cc2)cc1OC. The highest BCUT2D eigenvalue weighted by Gasteiger charge is 2.13. The molecule has 0 saturated heterocycles. The van der Waals surface area contributed by atoms with Crippen LogP contribution in [0.15, 0.2) is 42.5 Å². The summed E-state index contributed by atoms with van der Waals surface area (Å²) in [6.45, 7) is 5.21. The van der Waals surface area contributed by atoms with Gasteiger partial charge in [0.1, 0.15) is 11.5 Å². The summed E-state index contributed by atoms with van der Waals surface area (Å²) in [5.41, 5.74) is 3.79. The molecule has 0 unspecified atom stereocenters. The molecule has 2 aromatic rings. The molecule has 3 rings (SSSR count). The zero-order valence-corrected chi connectivity index (χ0v) is 33.8. The third kappa shape index (κ3) is 20.6. The maximum absolute atomic E-state index is 12.5. The molecule has 0 radical (unpaired) electrons. The van der Waals surface area contributed by atoms with Crippen LogP contribution in [-0.4, -0.2) is 26.2 Å². The van der Waals surface area contributed by atoms with Crippen LogP contribution < -0.4 is 20.1 Å². The van der Waals surface area contributed by atoms with Crippen molar-refractivity contribution in [2.75, 3.05) is 20.3 Å². The lowest BCUT2D eigenvalue weighted by atomic mass is 9.86. The first kappa shape index (κ1) is 43.9. The highest BCUT2D eigenvalue weighted by Crippen LogP contribution is 2.30. The number of nitrogens with one attached hydrogen (secondary N) is 2. The van der Waals surface area contributed by atoms with Gasteiger partial charge in [0.25, 0.3) is 0 Å². The Morgan fingerprint density at radius 3 is 1.79 bits per heavy atom. The van der Waals surface area contributed by atoms with E-state index in [-0.39, 0.29) is 5.91 Å². The predicted molar refractivity (Wildman–Crippen MR) is 222 cm³/mol. The number of ether oxygens (including phenoxy) is 2. The van der Waals surface area contributed by atoms with Crippen molar-refractivity contribution in [3.05, 3.63) is 59.2 Å². The fraction of sp³-hybridized carbons (Fsp3) is 0.723. The van der Waals surface area contributed by atoms with Gasteiger partial charge in [-0.1, -0.05) is 179 Å². The molecule has 1 saturated carbocycles. The zero-order valence-electron chi connectivity index (χ0n) is 33.8. The van der Waals surface area contributed by atoms with Gasteiger partial charge in [0, 0.05) is 31.1 Å². The topological polar surface area (TPSA) is 59.6 Å². The van der Waals surface area contributed by atoms with Crippen LogP contribution in [0, 0.1) is 0 Å². The van der Waals surface area contributed by atoms with Crippen LogP contribution in [0.1, 0.15) is 203 Å². The standard InChI is InChI=1S/C47H78N2O3/c1-3-4-5-6-7-8-9-10-11-12-13-14-15-19-22-25-36-48-40-44-34-35-45(38-46(44)51-2)52-37-26-29-47(50)49-39-41-30-32-43(33-31-41)42-27-23-20-17-16-18-21-24-28-42/h30-35,38,42,48H,3-29,36-37,39-40H2,1-2H3,(H,49,50). The molecular formula is C47H78N2O3. The Balaban J connectivity index is 1.17. The molecule has 52 heavy (non-hydrogen) atoms. The number of amides is 1. The van der Waals surface area contributed by atoms with Gasteiger partial charge in [0.15, 0.2) is 0 Å². The second kappa shape index (κ2) is 29.9. The average molecular weight is 719 g/mol. The van der Waals surface area contributed by atoms with Gasteiger partial charge in [-0.25, -0.2) is 0 Å². The minimum atomic E-state index is 0.0726. The molecule has 294 valence electrons. The van der Waals surface area contributed by atoms with Gasteiger partial charge in [-0.3, -0.25) is 4.79 Å². The zero-order chi connectivity index (χ0) is 36.7. The Morgan fingerprint density at radius 1 is 0.654 bits per heavy atom. The quantitative estimate of drug-likeness (QED) is 0.0860. The van der Waals surface area contributed by atoms with Gasteiger partial charge >= 0.3 is 0 Å². The van der Waals surface area contributed by atoms with Crippen molar-refractivity contribution < 1.29 is 14.3 Å². The summed E-state index contributed by atoms with van der Waals surface area (Å²) in [7, 11) is 1.72. The Bertz CT molecular complexity index is 1140. The molecule has 0 spiro atoms. The predicted octanol–water partition coefficient (Wildman–Crippen LogP) is 13.1. The lowest BCUT2D eigenvalue weighted by Crippen LogP contribution is -2.23. The second-order valence-electron chi connectivity index (χ2n) is 15.7. The molecule has 1 fully saturated rings. The normalized spacial score (nSPS) is 14.3. The van der Waals surface area contributed by atoms with Crippen LogP contribution >= 0.6 is 0 Å². The first-order chi connectivity index (χ1) is 25.7. The van der Waals surface area contributed by atoms with Crippen LogP contribution in [0.5, 0.6) is 11.5 Å². The first-order valence-electron chi connectivity index (χ1n) is 22.1. The molecule has 0 heterocycles. The van der Waals surface area contributed by atoms with E-state index in [1.807, 2.05) is 12.1 Å². The lowest BCUT2D eigenvalue weighted by Gasteiger charge is -2.19. The number of methoxy groups -OCH3 is 1. The fourth-order valence-electron chi connectivity index (χ4n) is 7.74. The second-order valence-corrected chi connectivity index (χ2v) is 15.7. The van der Waals surface area contributed by atoms with Crippen LogP contribution in [0.4, 0.5) is 0 Å². The molecule has 1 amide bonds. The molecule has 0 aliphatic heterocycles. The van der Waals surface area contributed by atoms with E-state index in [1.54, 1.807) is 7.11 Å². The molecule has 5 heteroatoms. The van der Waals surface area contributed by atoms with E-state index in [0.29, 0.717) is 31.9 Å². The average Bonchev–Trinajstić information content (AvgIpc) is 3.17. The first-order valence-corrected chi connectivity index (χ1v) is 22.1. The van der Waals surface area contributed by atoms with E-state index >= 15 is 0 Å². The van der Waals surface area contributed by atoms with Gasteiger partial charge in [-0.2, -0.15) is 0 Å². The molecule has 1 aliphatic rings. The van der Waals surface area contributed by atoms with Gasteiger partial charge in [0.05, 0.1) is 13.7 Å². The summed E-state index contributed by atoms with van der Waals surface area (Å²) in [6.07, 6.45) is 35.8. The summed E-state index contributed by atoms with van der Waals surface area (Å²) in [5.74, 6) is 2.40. The Hall–Kier alpha value is -2.53. The highest BCUT2D eigenvalue weighted by atomic mass is 16.5. The van der Waals surface area contributed by atoms with Crippen molar-refractivity contribution in [3.63, 3.8) is 0 Å². The molecule has 0 aromatic heterocycles. The molecule has 0 bridgehead atoms. The number of carbonyl (C=O) groups is 1. The van der Waals surface area contributed by atoms with Crippen molar-refractivity contribution in [1.29, 1.82) is 0 Å². The monoisotopic (exact) mass is 719 g/mol. The Labute approximate surface area is 320 Å². The van der Waals surface area contributed by atoms with Gasteiger partial charge in [-0.05, 0) is 55.3 Å². The summed E-state index contributed by atoms with van der Waals surface area (Å²) in [4.78, 5) is 12.5. The van der Waals surface area contributed by atoms with Gasteiger partial charge in [-0.15, -0.1) is 0 Å². The van der Waals surface area contributed by atoms with E-state index < -0.39 is 0 Å². The smallest absolute Gasteiger partial charge is 0.220 e.